The normalized spacial score (nSPS) is 14.6. The van der Waals surface area contributed by atoms with Gasteiger partial charge in [0.1, 0.15) is 0 Å². The Morgan fingerprint density at radius 3 is 1.69 bits per heavy atom. The average molecular weight is 208 g/mol. The van der Waals surface area contributed by atoms with Crippen molar-refractivity contribution in [3.05, 3.63) is 0 Å². The second-order valence-electron chi connectivity index (χ2n) is 5.63. The molecule has 0 saturated carbocycles. The summed E-state index contributed by atoms with van der Waals surface area (Å²) in [5.74, 6) is -0.169. The van der Waals surface area contributed by atoms with Crippen molar-refractivity contribution in [2.45, 2.75) is 41.0 Å². The molecule has 13 heavy (non-hydrogen) atoms. The molecular formula is C9H20O3S. The highest BCUT2D eigenvalue weighted by molar-refractivity contribution is 7.85. The third-order valence-electron chi connectivity index (χ3n) is 1.58. The molecule has 0 aromatic rings. The molecule has 0 radical (unpaired) electrons. The highest BCUT2D eigenvalue weighted by atomic mass is 32.2. The molecule has 0 atom stereocenters. The van der Waals surface area contributed by atoms with Gasteiger partial charge in [0.2, 0.25) is 0 Å². The van der Waals surface area contributed by atoms with Gasteiger partial charge in [-0.3, -0.25) is 4.55 Å². The molecule has 4 heteroatoms. The van der Waals surface area contributed by atoms with E-state index in [4.69, 9.17) is 4.55 Å². The van der Waals surface area contributed by atoms with Crippen LogP contribution in [0.2, 0.25) is 0 Å². The lowest BCUT2D eigenvalue weighted by atomic mass is 9.77. The summed E-state index contributed by atoms with van der Waals surface area (Å²) >= 11 is 0. The van der Waals surface area contributed by atoms with Gasteiger partial charge in [-0.2, -0.15) is 8.42 Å². The van der Waals surface area contributed by atoms with E-state index in [0.29, 0.717) is 0 Å². The van der Waals surface area contributed by atoms with Crippen LogP contribution < -0.4 is 0 Å². The van der Waals surface area contributed by atoms with Gasteiger partial charge < -0.3 is 0 Å². The fourth-order valence-electron chi connectivity index (χ4n) is 1.98. The van der Waals surface area contributed by atoms with Crippen LogP contribution in [-0.2, 0) is 10.1 Å². The van der Waals surface area contributed by atoms with E-state index in [1.165, 1.54) is 0 Å². The number of hydrogen-bond donors (Lipinski definition) is 1. The van der Waals surface area contributed by atoms with E-state index >= 15 is 0 Å². The molecule has 0 aliphatic carbocycles. The molecule has 0 bridgehead atoms. The van der Waals surface area contributed by atoms with Crippen LogP contribution >= 0.6 is 0 Å². The third-order valence-corrected chi connectivity index (χ3v) is 2.73. The second kappa shape index (κ2) is 3.58. The smallest absolute Gasteiger partial charge is 0.265 e. The summed E-state index contributed by atoms with van der Waals surface area (Å²) < 4.78 is 30.1. The van der Waals surface area contributed by atoms with Crippen molar-refractivity contribution in [2.24, 2.45) is 10.8 Å². The van der Waals surface area contributed by atoms with E-state index in [0.717, 1.165) is 6.42 Å². The average Bonchev–Trinajstić information content (AvgIpc) is 1.43. The van der Waals surface area contributed by atoms with E-state index in [1.807, 2.05) is 13.8 Å². The van der Waals surface area contributed by atoms with Crippen molar-refractivity contribution in [3.63, 3.8) is 0 Å². The highest BCUT2D eigenvalue weighted by Gasteiger charge is 2.29. The molecule has 0 aliphatic rings. The molecule has 0 unspecified atom stereocenters. The Hall–Kier alpha value is -0.0900. The lowest BCUT2D eigenvalue weighted by Crippen LogP contribution is -2.28. The molecule has 0 fully saturated rings. The summed E-state index contributed by atoms with van der Waals surface area (Å²) in [5, 5.41) is 0. The summed E-state index contributed by atoms with van der Waals surface area (Å²) in [6, 6.07) is 0. The van der Waals surface area contributed by atoms with Crippen LogP contribution in [0.15, 0.2) is 0 Å². The Bertz CT molecular complexity index is 257. The predicted octanol–water partition coefficient (Wildman–Crippen LogP) is 2.34. The molecule has 80 valence electrons. The first-order valence-electron chi connectivity index (χ1n) is 4.37. The molecule has 0 aromatic carbocycles. The van der Waals surface area contributed by atoms with E-state index in [1.54, 1.807) is 0 Å². The number of hydrogen-bond acceptors (Lipinski definition) is 2. The minimum Gasteiger partial charge on any atom is -0.286 e. The standard InChI is InChI=1S/C9H20O3S/c1-8(2,3)6-9(4,5)7-13(10,11)12/h6-7H2,1-5H3,(H,10,11,12). The van der Waals surface area contributed by atoms with Crippen LogP contribution in [0, 0.1) is 10.8 Å². The summed E-state index contributed by atoms with van der Waals surface area (Å²) in [5.41, 5.74) is -0.292. The number of rotatable bonds is 3. The van der Waals surface area contributed by atoms with Gasteiger partial charge in [-0.05, 0) is 17.3 Å². The van der Waals surface area contributed by atoms with Crippen LogP contribution in [0.1, 0.15) is 41.0 Å². The SMILES string of the molecule is CC(C)(C)CC(C)(C)CS(=O)(=O)O. The van der Waals surface area contributed by atoms with Crippen LogP contribution in [0.25, 0.3) is 0 Å². The Morgan fingerprint density at radius 2 is 1.46 bits per heavy atom. The molecule has 0 spiro atoms. The van der Waals surface area contributed by atoms with Gasteiger partial charge in [-0.15, -0.1) is 0 Å². The maximum atomic E-state index is 10.7. The quantitative estimate of drug-likeness (QED) is 0.724. The van der Waals surface area contributed by atoms with Crippen molar-refractivity contribution >= 4 is 10.1 Å². The van der Waals surface area contributed by atoms with Gasteiger partial charge in [0.25, 0.3) is 10.1 Å². The zero-order valence-corrected chi connectivity index (χ0v) is 9.90. The van der Waals surface area contributed by atoms with Gasteiger partial charge in [-0.1, -0.05) is 34.6 Å². The summed E-state index contributed by atoms with van der Waals surface area (Å²) in [4.78, 5) is 0. The molecular weight excluding hydrogens is 188 g/mol. The largest absolute Gasteiger partial charge is 0.286 e. The first-order valence-corrected chi connectivity index (χ1v) is 5.97. The molecule has 0 heterocycles. The topological polar surface area (TPSA) is 54.4 Å². The molecule has 0 aliphatic heterocycles. The fraction of sp³-hybridized carbons (Fsp3) is 1.00. The first kappa shape index (κ1) is 12.9. The zero-order valence-electron chi connectivity index (χ0n) is 9.09. The Balaban J connectivity index is 4.43. The molecule has 3 nitrogen and oxygen atoms in total. The van der Waals surface area contributed by atoms with Gasteiger partial charge in [0.05, 0.1) is 5.75 Å². The Labute approximate surface area is 81.3 Å². The Kier molecular flexibility index (Phi) is 3.55. The predicted molar refractivity (Wildman–Crippen MR) is 54.3 cm³/mol. The molecule has 0 rings (SSSR count). The minimum absolute atomic E-state index is 0.0776. The van der Waals surface area contributed by atoms with Gasteiger partial charge in [0.15, 0.2) is 0 Å². The highest BCUT2D eigenvalue weighted by Crippen LogP contribution is 2.33. The van der Waals surface area contributed by atoms with Crippen LogP contribution in [0.5, 0.6) is 0 Å². The van der Waals surface area contributed by atoms with Crippen molar-refractivity contribution in [3.8, 4) is 0 Å². The van der Waals surface area contributed by atoms with Crippen molar-refractivity contribution in [1.82, 2.24) is 0 Å². The van der Waals surface area contributed by atoms with E-state index in [2.05, 4.69) is 20.8 Å². The maximum absolute atomic E-state index is 10.7. The zero-order chi connectivity index (χ0) is 10.9. The van der Waals surface area contributed by atoms with Crippen molar-refractivity contribution in [2.75, 3.05) is 5.75 Å². The lowest BCUT2D eigenvalue weighted by molar-refractivity contribution is 0.233. The van der Waals surface area contributed by atoms with Crippen LogP contribution in [-0.4, -0.2) is 18.7 Å². The van der Waals surface area contributed by atoms with E-state index in [9.17, 15) is 8.42 Å². The molecule has 0 aromatic heterocycles. The third kappa shape index (κ3) is 8.25. The summed E-state index contributed by atoms with van der Waals surface area (Å²) in [7, 11) is -3.85. The summed E-state index contributed by atoms with van der Waals surface area (Å²) in [6.07, 6.45) is 0.764. The van der Waals surface area contributed by atoms with Crippen molar-refractivity contribution < 1.29 is 13.0 Å². The fourth-order valence-corrected chi connectivity index (χ4v) is 3.07. The maximum Gasteiger partial charge on any atom is 0.265 e. The molecule has 0 saturated heterocycles. The summed E-state index contributed by atoms with van der Waals surface area (Å²) in [6.45, 7) is 9.87. The molecule has 0 amide bonds. The van der Waals surface area contributed by atoms with E-state index in [-0.39, 0.29) is 16.6 Å². The van der Waals surface area contributed by atoms with E-state index < -0.39 is 10.1 Å². The van der Waals surface area contributed by atoms with Crippen LogP contribution in [0.3, 0.4) is 0 Å². The van der Waals surface area contributed by atoms with Gasteiger partial charge in [-0.25, -0.2) is 0 Å². The minimum atomic E-state index is -3.85. The molecule has 1 N–H and O–H groups in total. The lowest BCUT2D eigenvalue weighted by Gasteiger charge is -2.31. The first-order chi connectivity index (χ1) is 5.41. The van der Waals surface area contributed by atoms with Gasteiger partial charge in [0, 0.05) is 0 Å². The van der Waals surface area contributed by atoms with Crippen LogP contribution in [0.4, 0.5) is 0 Å². The second-order valence-corrected chi connectivity index (χ2v) is 7.08. The van der Waals surface area contributed by atoms with Crippen molar-refractivity contribution in [1.29, 1.82) is 0 Å². The monoisotopic (exact) mass is 208 g/mol. The Morgan fingerprint density at radius 1 is 1.08 bits per heavy atom. The van der Waals surface area contributed by atoms with Gasteiger partial charge >= 0.3 is 0 Å².